The minimum Gasteiger partial charge on any atom is -0.326 e. The maximum Gasteiger partial charge on any atom is 0.329 e. The number of amides is 3. The molecular weight excluding hydrogens is 404 g/mol. The lowest BCUT2D eigenvalue weighted by molar-refractivity contribution is -0.136. The number of anilines is 2. The van der Waals surface area contributed by atoms with Crippen molar-refractivity contribution in [3.8, 4) is 0 Å². The normalized spacial score (nSPS) is 11.2. The van der Waals surface area contributed by atoms with Crippen molar-refractivity contribution in [3.05, 3.63) is 58.6 Å². The van der Waals surface area contributed by atoms with Crippen molar-refractivity contribution >= 4 is 46.4 Å². The Morgan fingerprint density at radius 1 is 1.00 bits per heavy atom. The third kappa shape index (κ3) is 6.70. The van der Waals surface area contributed by atoms with Gasteiger partial charge in [0.2, 0.25) is 5.91 Å². The molecule has 2 rings (SSSR count). The molecule has 0 unspecified atom stereocenters. The molecule has 0 aliphatic heterocycles. The molecule has 8 heteroatoms. The first kappa shape index (κ1) is 23.1. The highest BCUT2D eigenvalue weighted by Gasteiger charge is 2.15. The fourth-order valence-corrected chi connectivity index (χ4v) is 2.72. The van der Waals surface area contributed by atoms with E-state index >= 15 is 0 Å². The van der Waals surface area contributed by atoms with Gasteiger partial charge in [-0.25, -0.2) is 5.43 Å². The highest BCUT2D eigenvalue weighted by molar-refractivity contribution is 6.40. The quantitative estimate of drug-likeness (QED) is 0.364. The number of nitrogens with zero attached hydrogens (tertiary/aromatic N) is 1. The fourth-order valence-electron chi connectivity index (χ4n) is 2.55. The predicted octanol–water partition coefficient (Wildman–Crippen LogP) is 4.23. The Morgan fingerprint density at radius 3 is 2.30 bits per heavy atom. The molecule has 0 aliphatic rings. The Labute approximate surface area is 180 Å². The molecule has 0 aliphatic carbocycles. The van der Waals surface area contributed by atoms with Crippen LogP contribution in [0.2, 0.25) is 5.02 Å². The van der Waals surface area contributed by atoms with E-state index in [4.69, 9.17) is 11.6 Å². The minimum absolute atomic E-state index is 0.0266. The van der Waals surface area contributed by atoms with Gasteiger partial charge in [-0.2, -0.15) is 5.10 Å². The summed E-state index contributed by atoms with van der Waals surface area (Å²) >= 11 is 6.00. The van der Waals surface area contributed by atoms with Crippen molar-refractivity contribution in [3.63, 3.8) is 0 Å². The average molecular weight is 429 g/mol. The third-order valence-electron chi connectivity index (χ3n) is 4.35. The first-order valence-electron chi connectivity index (χ1n) is 9.46. The van der Waals surface area contributed by atoms with Crippen LogP contribution >= 0.6 is 11.6 Å². The number of carbonyl (C=O) groups is 3. The van der Waals surface area contributed by atoms with E-state index < -0.39 is 11.8 Å². The second kappa shape index (κ2) is 10.5. The van der Waals surface area contributed by atoms with Gasteiger partial charge in [0.25, 0.3) is 0 Å². The van der Waals surface area contributed by atoms with Crippen LogP contribution in [-0.2, 0) is 14.4 Å². The van der Waals surface area contributed by atoms with Gasteiger partial charge in [-0.1, -0.05) is 43.6 Å². The Balaban J connectivity index is 1.86. The lowest BCUT2D eigenvalue weighted by atomic mass is 10.0. The zero-order valence-corrected chi connectivity index (χ0v) is 18.1. The fraction of sp³-hybridized carbons (Fsp3) is 0.273. The molecule has 2 aromatic carbocycles. The van der Waals surface area contributed by atoms with Crippen molar-refractivity contribution in [2.24, 2.45) is 5.10 Å². The molecule has 0 fully saturated rings. The molecule has 0 spiro atoms. The van der Waals surface area contributed by atoms with Gasteiger partial charge in [0.05, 0.1) is 6.42 Å². The second-order valence-corrected chi connectivity index (χ2v) is 7.56. The van der Waals surface area contributed by atoms with Crippen LogP contribution in [0.15, 0.2) is 47.6 Å². The van der Waals surface area contributed by atoms with Crippen LogP contribution < -0.4 is 16.1 Å². The maximum atomic E-state index is 12.1. The SMILES string of the molecule is CC(CC(=O)Nc1ccc(C(C)C)cc1)=NNC(=O)C(=O)Nc1cccc(Cl)c1C. The zero-order valence-electron chi connectivity index (χ0n) is 17.4. The lowest BCUT2D eigenvalue weighted by Crippen LogP contribution is -2.33. The van der Waals surface area contributed by atoms with Crippen LogP contribution in [0.25, 0.3) is 0 Å². The molecule has 0 atom stereocenters. The molecule has 0 saturated carbocycles. The molecule has 0 saturated heterocycles. The van der Waals surface area contributed by atoms with Crippen molar-refractivity contribution in [2.75, 3.05) is 10.6 Å². The number of hydrazone groups is 1. The topological polar surface area (TPSA) is 99.7 Å². The number of rotatable bonds is 6. The number of hydrogen-bond acceptors (Lipinski definition) is 4. The summed E-state index contributed by atoms with van der Waals surface area (Å²) in [5.41, 5.74) is 5.45. The second-order valence-electron chi connectivity index (χ2n) is 7.16. The van der Waals surface area contributed by atoms with Crippen molar-refractivity contribution in [1.82, 2.24) is 5.43 Å². The van der Waals surface area contributed by atoms with E-state index in [1.165, 1.54) is 5.56 Å². The van der Waals surface area contributed by atoms with E-state index in [-0.39, 0.29) is 12.3 Å². The Morgan fingerprint density at radius 2 is 1.67 bits per heavy atom. The molecule has 3 N–H and O–H groups in total. The number of nitrogens with one attached hydrogen (secondary N) is 3. The summed E-state index contributed by atoms with van der Waals surface area (Å²) in [5, 5.41) is 9.54. The zero-order chi connectivity index (χ0) is 22.3. The monoisotopic (exact) mass is 428 g/mol. The van der Waals surface area contributed by atoms with Gasteiger partial charge in [0.15, 0.2) is 0 Å². The van der Waals surface area contributed by atoms with E-state index in [1.54, 1.807) is 32.0 Å². The Hall–Kier alpha value is -3.19. The molecule has 2 aromatic rings. The van der Waals surface area contributed by atoms with E-state index in [0.29, 0.717) is 33.6 Å². The molecule has 0 bridgehead atoms. The van der Waals surface area contributed by atoms with Gasteiger partial charge in [-0.15, -0.1) is 0 Å². The van der Waals surface area contributed by atoms with Gasteiger partial charge < -0.3 is 10.6 Å². The van der Waals surface area contributed by atoms with Crippen LogP contribution in [0.4, 0.5) is 11.4 Å². The van der Waals surface area contributed by atoms with Crippen molar-refractivity contribution in [1.29, 1.82) is 0 Å². The summed E-state index contributed by atoms with van der Waals surface area (Å²) in [7, 11) is 0. The maximum absolute atomic E-state index is 12.1. The average Bonchev–Trinajstić information content (AvgIpc) is 2.69. The van der Waals surface area contributed by atoms with Crippen LogP contribution in [-0.4, -0.2) is 23.4 Å². The Bertz CT molecular complexity index is 969. The van der Waals surface area contributed by atoms with Gasteiger partial charge in [0, 0.05) is 22.1 Å². The third-order valence-corrected chi connectivity index (χ3v) is 4.76. The van der Waals surface area contributed by atoms with E-state index in [2.05, 4.69) is 35.0 Å². The highest BCUT2D eigenvalue weighted by Crippen LogP contribution is 2.22. The van der Waals surface area contributed by atoms with Gasteiger partial charge in [-0.05, 0) is 55.2 Å². The summed E-state index contributed by atoms with van der Waals surface area (Å²) in [6, 6.07) is 12.6. The lowest BCUT2D eigenvalue weighted by Gasteiger charge is -2.09. The molecular formula is C22H25ClN4O3. The first-order valence-corrected chi connectivity index (χ1v) is 9.84. The van der Waals surface area contributed by atoms with Crippen LogP contribution in [0.3, 0.4) is 0 Å². The standard InChI is InChI=1S/C22H25ClN4O3/c1-13(2)16-8-10-17(11-9-16)24-20(28)12-14(3)26-27-22(30)21(29)25-19-7-5-6-18(23)15(19)4/h5-11,13H,12H2,1-4H3,(H,24,28)(H,25,29)(H,27,30). The molecule has 0 radical (unpaired) electrons. The smallest absolute Gasteiger partial charge is 0.326 e. The molecule has 7 nitrogen and oxygen atoms in total. The largest absolute Gasteiger partial charge is 0.329 e. The summed E-state index contributed by atoms with van der Waals surface area (Å²) in [6.07, 6.45) is -0.0266. The summed E-state index contributed by atoms with van der Waals surface area (Å²) in [4.78, 5) is 36.1. The summed E-state index contributed by atoms with van der Waals surface area (Å²) in [5.74, 6) is -1.69. The van der Waals surface area contributed by atoms with Gasteiger partial charge in [0.1, 0.15) is 0 Å². The Kier molecular flexibility index (Phi) is 8.12. The molecule has 158 valence electrons. The molecule has 0 heterocycles. The first-order chi connectivity index (χ1) is 14.2. The van der Waals surface area contributed by atoms with Gasteiger partial charge in [-0.3, -0.25) is 14.4 Å². The summed E-state index contributed by atoms with van der Waals surface area (Å²) < 4.78 is 0. The van der Waals surface area contributed by atoms with Crippen LogP contribution in [0.5, 0.6) is 0 Å². The summed E-state index contributed by atoms with van der Waals surface area (Å²) in [6.45, 7) is 7.50. The van der Waals surface area contributed by atoms with Gasteiger partial charge >= 0.3 is 11.8 Å². The highest BCUT2D eigenvalue weighted by atomic mass is 35.5. The number of halogens is 1. The molecule has 3 amide bonds. The molecule has 0 aromatic heterocycles. The van der Waals surface area contributed by atoms with E-state index in [1.807, 2.05) is 24.3 Å². The van der Waals surface area contributed by atoms with Crippen LogP contribution in [0, 0.1) is 6.92 Å². The van der Waals surface area contributed by atoms with E-state index in [0.717, 1.165) is 0 Å². The number of carbonyl (C=O) groups excluding carboxylic acids is 3. The molecule has 30 heavy (non-hydrogen) atoms. The number of hydrogen-bond donors (Lipinski definition) is 3. The van der Waals surface area contributed by atoms with Crippen LogP contribution in [0.1, 0.15) is 44.2 Å². The van der Waals surface area contributed by atoms with E-state index in [9.17, 15) is 14.4 Å². The minimum atomic E-state index is -0.946. The number of benzene rings is 2. The van der Waals surface area contributed by atoms with Crippen molar-refractivity contribution in [2.45, 2.75) is 40.0 Å². The predicted molar refractivity (Wildman–Crippen MR) is 120 cm³/mol. The van der Waals surface area contributed by atoms with Crippen molar-refractivity contribution < 1.29 is 14.4 Å².